The van der Waals surface area contributed by atoms with Gasteiger partial charge in [-0.1, -0.05) is 31.5 Å². The molecule has 1 rings (SSSR count). The smallest absolute Gasteiger partial charge is 0.191 e. The molecule has 0 fully saturated rings. The van der Waals surface area contributed by atoms with Crippen LogP contribution in [0.15, 0.2) is 29.3 Å². The van der Waals surface area contributed by atoms with Gasteiger partial charge in [-0.3, -0.25) is 4.99 Å². The fourth-order valence-electron chi connectivity index (χ4n) is 1.67. The van der Waals surface area contributed by atoms with Crippen molar-refractivity contribution in [3.05, 3.63) is 29.8 Å². The quantitative estimate of drug-likeness (QED) is 0.317. The molecule has 5 heteroatoms. The SMILES string of the molecule is CN=C(NCCOc1ccc(C)cc1)NCCC(C)C.I. The normalized spacial score (nSPS) is 11.0. The van der Waals surface area contributed by atoms with E-state index >= 15 is 0 Å². The lowest BCUT2D eigenvalue weighted by Gasteiger charge is -2.13. The van der Waals surface area contributed by atoms with E-state index in [1.165, 1.54) is 5.56 Å². The van der Waals surface area contributed by atoms with Crippen molar-refractivity contribution in [1.29, 1.82) is 0 Å². The van der Waals surface area contributed by atoms with E-state index in [0.717, 1.165) is 31.2 Å². The first-order valence-electron chi connectivity index (χ1n) is 7.26. The summed E-state index contributed by atoms with van der Waals surface area (Å²) < 4.78 is 5.65. The number of nitrogens with zero attached hydrogens (tertiary/aromatic N) is 1. The highest BCUT2D eigenvalue weighted by Gasteiger charge is 1.99. The summed E-state index contributed by atoms with van der Waals surface area (Å²) in [6.07, 6.45) is 1.14. The van der Waals surface area contributed by atoms with E-state index in [0.29, 0.717) is 12.5 Å². The minimum absolute atomic E-state index is 0. The molecule has 1 aromatic rings. The molecule has 0 atom stereocenters. The average Bonchev–Trinajstić information content (AvgIpc) is 2.43. The maximum atomic E-state index is 5.65. The number of ether oxygens (including phenoxy) is 1. The number of halogens is 1. The largest absolute Gasteiger partial charge is 0.492 e. The van der Waals surface area contributed by atoms with Crippen molar-refractivity contribution in [2.45, 2.75) is 27.2 Å². The van der Waals surface area contributed by atoms with E-state index < -0.39 is 0 Å². The molecule has 0 aliphatic carbocycles. The molecule has 1 aromatic carbocycles. The van der Waals surface area contributed by atoms with E-state index in [1.807, 2.05) is 12.1 Å². The van der Waals surface area contributed by atoms with Gasteiger partial charge in [0.25, 0.3) is 0 Å². The molecule has 0 spiro atoms. The molecular formula is C16H28IN3O. The molecule has 0 aromatic heterocycles. The van der Waals surface area contributed by atoms with Gasteiger partial charge in [-0.25, -0.2) is 0 Å². The number of aryl methyl sites for hydroxylation is 1. The van der Waals surface area contributed by atoms with Gasteiger partial charge in [0.2, 0.25) is 0 Å². The molecule has 0 heterocycles. The lowest BCUT2D eigenvalue weighted by atomic mass is 10.1. The zero-order valence-electron chi connectivity index (χ0n) is 13.5. The van der Waals surface area contributed by atoms with E-state index in [1.54, 1.807) is 7.05 Å². The summed E-state index contributed by atoms with van der Waals surface area (Å²) >= 11 is 0. The third kappa shape index (κ3) is 9.55. The lowest BCUT2D eigenvalue weighted by molar-refractivity contribution is 0.322. The van der Waals surface area contributed by atoms with Crippen LogP contribution in [0.4, 0.5) is 0 Å². The van der Waals surface area contributed by atoms with E-state index in [9.17, 15) is 0 Å². The number of rotatable bonds is 7. The molecule has 21 heavy (non-hydrogen) atoms. The van der Waals surface area contributed by atoms with Crippen LogP contribution in [0, 0.1) is 12.8 Å². The zero-order valence-corrected chi connectivity index (χ0v) is 15.8. The molecule has 0 saturated carbocycles. The zero-order chi connectivity index (χ0) is 14.8. The predicted molar refractivity (Wildman–Crippen MR) is 101 cm³/mol. The molecule has 0 aliphatic heterocycles. The Morgan fingerprint density at radius 2 is 1.76 bits per heavy atom. The molecule has 0 aliphatic rings. The predicted octanol–water partition coefficient (Wildman–Crippen LogP) is 3.20. The second-order valence-electron chi connectivity index (χ2n) is 5.27. The van der Waals surface area contributed by atoms with Gasteiger partial charge >= 0.3 is 0 Å². The third-order valence-corrected chi connectivity index (χ3v) is 2.92. The van der Waals surface area contributed by atoms with Gasteiger partial charge in [0.15, 0.2) is 5.96 Å². The fourth-order valence-corrected chi connectivity index (χ4v) is 1.67. The Kier molecular flexibility index (Phi) is 11.1. The minimum atomic E-state index is 0. The summed E-state index contributed by atoms with van der Waals surface area (Å²) in [4.78, 5) is 4.18. The van der Waals surface area contributed by atoms with Gasteiger partial charge in [-0.2, -0.15) is 0 Å². The van der Waals surface area contributed by atoms with Crippen LogP contribution in [0.2, 0.25) is 0 Å². The Hall–Kier alpha value is -0.980. The lowest BCUT2D eigenvalue weighted by Crippen LogP contribution is -2.39. The highest BCUT2D eigenvalue weighted by atomic mass is 127. The Balaban J connectivity index is 0.00000400. The van der Waals surface area contributed by atoms with Gasteiger partial charge in [0.05, 0.1) is 6.54 Å². The van der Waals surface area contributed by atoms with Crippen molar-refractivity contribution in [1.82, 2.24) is 10.6 Å². The molecule has 4 nitrogen and oxygen atoms in total. The second kappa shape index (κ2) is 11.7. The van der Waals surface area contributed by atoms with Crippen LogP contribution in [0.5, 0.6) is 5.75 Å². The highest BCUT2D eigenvalue weighted by molar-refractivity contribution is 14.0. The van der Waals surface area contributed by atoms with Crippen LogP contribution in [0.1, 0.15) is 25.8 Å². The molecule has 0 amide bonds. The Morgan fingerprint density at radius 1 is 1.14 bits per heavy atom. The van der Waals surface area contributed by atoms with Crippen molar-refractivity contribution in [3.8, 4) is 5.75 Å². The fraction of sp³-hybridized carbons (Fsp3) is 0.562. The molecule has 0 unspecified atom stereocenters. The first-order valence-corrected chi connectivity index (χ1v) is 7.26. The summed E-state index contributed by atoms with van der Waals surface area (Å²) in [6, 6.07) is 8.08. The van der Waals surface area contributed by atoms with Gasteiger partial charge < -0.3 is 15.4 Å². The van der Waals surface area contributed by atoms with Crippen molar-refractivity contribution >= 4 is 29.9 Å². The molecule has 0 bridgehead atoms. The molecule has 120 valence electrons. The van der Waals surface area contributed by atoms with Gasteiger partial charge in [0.1, 0.15) is 12.4 Å². The maximum Gasteiger partial charge on any atom is 0.191 e. The molecule has 0 saturated heterocycles. The molecule has 2 N–H and O–H groups in total. The number of benzene rings is 1. The van der Waals surface area contributed by atoms with Crippen LogP contribution in [-0.4, -0.2) is 32.7 Å². The van der Waals surface area contributed by atoms with Gasteiger partial charge in [-0.05, 0) is 31.4 Å². The van der Waals surface area contributed by atoms with Crippen LogP contribution in [0.3, 0.4) is 0 Å². The minimum Gasteiger partial charge on any atom is -0.492 e. The van der Waals surface area contributed by atoms with Crippen molar-refractivity contribution in [3.63, 3.8) is 0 Å². The topological polar surface area (TPSA) is 45.7 Å². The Morgan fingerprint density at radius 3 is 2.33 bits per heavy atom. The van der Waals surface area contributed by atoms with Crippen molar-refractivity contribution in [2.75, 3.05) is 26.7 Å². The van der Waals surface area contributed by atoms with Crippen molar-refractivity contribution in [2.24, 2.45) is 10.9 Å². The van der Waals surface area contributed by atoms with Crippen LogP contribution < -0.4 is 15.4 Å². The number of hydrogen-bond donors (Lipinski definition) is 2. The monoisotopic (exact) mass is 405 g/mol. The standard InChI is InChI=1S/C16H27N3O.HI/c1-13(2)9-10-18-16(17-4)19-11-12-20-15-7-5-14(3)6-8-15;/h5-8,13H,9-12H2,1-4H3,(H2,17,18,19);1H. The van der Waals surface area contributed by atoms with E-state index in [2.05, 4.69) is 48.5 Å². The second-order valence-corrected chi connectivity index (χ2v) is 5.27. The third-order valence-electron chi connectivity index (χ3n) is 2.92. The van der Waals surface area contributed by atoms with Crippen molar-refractivity contribution < 1.29 is 4.74 Å². The highest BCUT2D eigenvalue weighted by Crippen LogP contribution is 2.10. The number of nitrogens with one attached hydrogen (secondary N) is 2. The number of aliphatic imine (C=N–C) groups is 1. The first-order chi connectivity index (χ1) is 9.61. The maximum absolute atomic E-state index is 5.65. The summed E-state index contributed by atoms with van der Waals surface area (Å²) in [6.45, 7) is 8.79. The van der Waals surface area contributed by atoms with Gasteiger partial charge in [-0.15, -0.1) is 24.0 Å². The first kappa shape index (κ1) is 20.0. The van der Waals surface area contributed by atoms with Crippen LogP contribution >= 0.6 is 24.0 Å². The molecular weight excluding hydrogens is 377 g/mol. The molecule has 0 radical (unpaired) electrons. The summed E-state index contributed by atoms with van der Waals surface area (Å²) in [7, 11) is 1.78. The van der Waals surface area contributed by atoms with Gasteiger partial charge in [0, 0.05) is 13.6 Å². The average molecular weight is 405 g/mol. The Labute approximate surface area is 145 Å². The number of guanidine groups is 1. The summed E-state index contributed by atoms with van der Waals surface area (Å²) in [5, 5.41) is 6.53. The van der Waals surface area contributed by atoms with Crippen LogP contribution in [0.25, 0.3) is 0 Å². The van der Waals surface area contributed by atoms with Crippen LogP contribution in [-0.2, 0) is 0 Å². The number of hydrogen-bond acceptors (Lipinski definition) is 2. The summed E-state index contributed by atoms with van der Waals surface area (Å²) in [5.41, 5.74) is 1.24. The van der Waals surface area contributed by atoms with E-state index in [4.69, 9.17) is 4.74 Å². The summed E-state index contributed by atoms with van der Waals surface area (Å²) in [5.74, 6) is 2.43. The Bertz CT molecular complexity index is 404. The van der Waals surface area contributed by atoms with E-state index in [-0.39, 0.29) is 24.0 Å².